The fraction of sp³-hybridized carbons (Fsp3) is 0.667. The van der Waals surface area contributed by atoms with Crippen LogP contribution < -0.4 is 9.47 Å². The quantitative estimate of drug-likeness (QED) is 0.796. The van der Waals surface area contributed by atoms with E-state index in [2.05, 4.69) is 16.7 Å². The standard InChI is InChI=1S/C18H28N2O4/c1-2-19(11-15(21)12-20-7-9-22-10-8-20)13-16-14-23-17-5-3-4-6-18(17)24-16/h3-6,15-16,21H,2,7-14H2,1H3/t15-,16+/m0/s1. The van der Waals surface area contributed by atoms with Crippen LogP contribution in [0.25, 0.3) is 0 Å². The number of nitrogens with zero attached hydrogens (tertiary/aromatic N) is 2. The molecule has 0 bridgehead atoms. The third-order valence-electron chi connectivity index (χ3n) is 4.52. The van der Waals surface area contributed by atoms with E-state index in [0.717, 1.165) is 50.9 Å². The summed E-state index contributed by atoms with van der Waals surface area (Å²) in [7, 11) is 0. The molecule has 3 rings (SSSR count). The summed E-state index contributed by atoms with van der Waals surface area (Å²) in [6.45, 7) is 8.96. The van der Waals surface area contributed by atoms with Crippen LogP contribution in [0.5, 0.6) is 11.5 Å². The van der Waals surface area contributed by atoms with Crippen molar-refractivity contribution < 1.29 is 19.3 Å². The van der Waals surface area contributed by atoms with Crippen molar-refractivity contribution in [2.24, 2.45) is 0 Å². The summed E-state index contributed by atoms with van der Waals surface area (Å²) in [5.41, 5.74) is 0. The van der Waals surface area contributed by atoms with Crippen molar-refractivity contribution in [2.45, 2.75) is 19.1 Å². The number of morpholine rings is 1. The first-order valence-electron chi connectivity index (χ1n) is 8.83. The summed E-state index contributed by atoms with van der Waals surface area (Å²) in [4.78, 5) is 4.49. The van der Waals surface area contributed by atoms with E-state index in [1.54, 1.807) is 0 Å². The van der Waals surface area contributed by atoms with E-state index in [9.17, 15) is 5.11 Å². The van der Waals surface area contributed by atoms with Crippen LogP contribution in [-0.4, -0.2) is 86.2 Å². The van der Waals surface area contributed by atoms with E-state index in [1.807, 2.05) is 24.3 Å². The van der Waals surface area contributed by atoms with Crippen molar-refractivity contribution in [2.75, 3.05) is 59.1 Å². The minimum absolute atomic E-state index is 0.00423. The molecule has 2 aliphatic heterocycles. The molecule has 2 aliphatic rings. The Morgan fingerprint density at radius 1 is 1.25 bits per heavy atom. The number of β-amino-alcohol motifs (C(OH)–C–C–N with tert-alkyl or cyclic N) is 1. The molecule has 2 atom stereocenters. The third kappa shape index (κ3) is 4.83. The molecule has 1 N–H and O–H groups in total. The zero-order valence-corrected chi connectivity index (χ0v) is 14.4. The lowest BCUT2D eigenvalue weighted by Gasteiger charge is -2.33. The van der Waals surface area contributed by atoms with Gasteiger partial charge in [-0.25, -0.2) is 0 Å². The van der Waals surface area contributed by atoms with Gasteiger partial charge in [-0.1, -0.05) is 19.1 Å². The van der Waals surface area contributed by atoms with E-state index in [0.29, 0.717) is 19.7 Å². The summed E-state index contributed by atoms with van der Waals surface area (Å²) >= 11 is 0. The number of ether oxygens (including phenoxy) is 3. The van der Waals surface area contributed by atoms with E-state index in [1.165, 1.54) is 0 Å². The predicted molar refractivity (Wildman–Crippen MR) is 91.7 cm³/mol. The van der Waals surface area contributed by atoms with Gasteiger partial charge in [0.05, 0.1) is 19.3 Å². The lowest BCUT2D eigenvalue weighted by atomic mass is 10.2. The van der Waals surface area contributed by atoms with Gasteiger partial charge in [0.1, 0.15) is 12.7 Å². The number of aliphatic hydroxyl groups is 1. The van der Waals surface area contributed by atoms with Crippen LogP contribution in [0.4, 0.5) is 0 Å². The number of rotatable bonds is 7. The number of para-hydroxylation sites is 2. The second-order valence-electron chi connectivity index (χ2n) is 6.42. The first-order chi connectivity index (χ1) is 11.7. The first-order valence-corrected chi connectivity index (χ1v) is 8.83. The van der Waals surface area contributed by atoms with Crippen LogP contribution in [0, 0.1) is 0 Å². The normalized spacial score (nSPS) is 22.5. The zero-order valence-electron chi connectivity index (χ0n) is 14.4. The van der Waals surface area contributed by atoms with Gasteiger partial charge in [0.15, 0.2) is 11.5 Å². The second kappa shape index (κ2) is 8.67. The maximum absolute atomic E-state index is 10.4. The molecule has 1 aromatic carbocycles. The number of likely N-dealkylation sites (N-methyl/N-ethyl adjacent to an activating group) is 1. The average Bonchev–Trinajstić information content (AvgIpc) is 2.62. The SMILES string of the molecule is CCN(C[C@H](O)CN1CCOCC1)C[C@@H]1COc2ccccc2O1. The number of hydrogen-bond donors (Lipinski definition) is 1. The molecule has 24 heavy (non-hydrogen) atoms. The van der Waals surface area contributed by atoms with Crippen LogP contribution in [0.2, 0.25) is 0 Å². The van der Waals surface area contributed by atoms with Crippen LogP contribution in [0.15, 0.2) is 24.3 Å². The largest absolute Gasteiger partial charge is 0.486 e. The lowest BCUT2D eigenvalue weighted by molar-refractivity contribution is 0.000572. The highest BCUT2D eigenvalue weighted by molar-refractivity contribution is 5.40. The maximum Gasteiger partial charge on any atom is 0.161 e. The van der Waals surface area contributed by atoms with E-state index < -0.39 is 0 Å². The molecule has 0 spiro atoms. The monoisotopic (exact) mass is 336 g/mol. The number of aliphatic hydroxyl groups excluding tert-OH is 1. The summed E-state index contributed by atoms with van der Waals surface area (Å²) in [6.07, 6.45) is -0.365. The topological polar surface area (TPSA) is 54.4 Å². The number of benzene rings is 1. The van der Waals surface area contributed by atoms with Gasteiger partial charge in [-0.05, 0) is 18.7 Å². The van der Waals surface area contributed by atoms with Crippen molar-refractivity contribution in [3.63, 3.8) is 0 Å². The van der Waals surface area contributed by atoms with E-state index in [-0.39, 0.29) is 12.2 Å². The molecule has 1 aromatic rings. The Kier molecular flexibility index (Phi) is 6.31. The van der Waals surface area contributed by atoms with Crippen LogP contribution >= 0.6 is 0 Å². The van der Waals surface area contributed by atoms with Gasteiger partial charge in [-0.15, -0.1) is 0 Å². The molecule has 0 aliphatic carbocycles. The summed E-state index contributed by atoms with van der Waals surface area (Å²) in [6, 6.07) is 7.76. The van der Waals surface area contributed by atoms with Gasteiger partial charge in [0.25, 0.3) is 0 Å². The van der Waals surface area contributed by atoms with Crippen molar-refractivity contribution in [3.05, 3.63) is 24.3 Å². The summed E-state index contributed by atoms with van der Waals surface area (Å²) in [5, 5.41) is 10.4. The maximum atomic E-state index is 10.4. The van der Waals surface area contributed by atoms with Crippen molar-refractivity contribution in [3.8, 4) is 11.5 Å². The van der Waals surface area contributed by atoms with Crippen molar-refractivity contribution in [1.29, 1.82) is 0 Å². The molecule has 6 heteroatoms. The Balaban J connectivity index is 1.46. The Bertz CT molecular complexity index is 508. The molecule has 0 amide bonds. The molecule has 0 aromatic heterocycles. The van der Waals surface area contributed by atoms with Crippen LogP contribution in [0.3, 0.4) is 0 Å². The summed E-state index contributed by atoms with van der Waals surface area (Å²) < 4.78 is 17.1. The molecule has 0 saturated carbocycles. The zero-order chi connectivity index (χ0) is 16.8. The van der Waals surface area contributed by atoms with Gasteiger partial charge in [-0.3, -0.25) is 9.80 Å². The minimum atomic E-state index is -0.361. The molecule has 1 saturated heterocycles. The highest BCUT2D eigenvalue weighted by atomic mass is 16.6. The Hall–Kier alpha value is -1.34. The van der Waals surface area contributed by atoms with Crippen LogP contribution in [0.1, 0.15) is 6.92 Å². The van der Waals surface area contributed by atoms with Gasteiger partial charge >= 0.3 is 0 Å². The second-order valence-corrected chi connectivity index (χ2v) is 6.42. The number of hydrogen-bond acceptors (Lipinski definition) is 6. The van der Waals surface area contributed by atoms with Crippen molar-refractivity contribution >= 4 is 0 Å². The fourth-order valence-electron chi connectivity index (χ4n) is 3.21. The Morgan fingerprint density at radius 2 is 2.00 bits per heavy atom. The highest BCUT2D eigenvalue weighted by Gasteiger charge is 2.24. The van der Waals surface area contributed by atoms with Crippen LogP contribution in [-0.2, 0) is 4.74 Å². The molecule has 1 fully saturated rings. The third-order valence-corrected chi connectivity index (χ3v) is 4.52. The van der Waals surface area contributed by atoms with E-state index in [4.69, 9.17) is 14.2 Å². The van der Waals surface area contributed by atoms with Gasteiger partial charge in [0, 0.05) is 32.7 Å². The van der Waals surface area contributed by atoms with E-state index >= 15 is 0 Å². The van der Waals surface area contributed by atoms with Gasteiger partial charge in [0.2, 0.25) is 0 Å². The molecular formula is C18H28N2O4. The predicted octanol–water partition coefficient (Wildman–Crippen LogP) is 0.841. The first kappa shape index (κ1) is 17.5. The highest BCUT2D eigenvalue weighted by Crippen LogP contribution is 2.30. The summed E-state index contributed by atoms with van der Waals surface area (Å²) in [5.74, 6) is 1.61. The van der Waals surface area contributed by atoms with Gasteiger partial charge < -0.3 is 19.3 Å². The minimum Gasteiger partial charge on any atom is -0.486 e. The smallest absolute Gasteiger partial charge is 0.161 e. The molecule has 134 valence electrons. The average molecular weight is 336 g/mol. The molecular weight excluding hydrogens is 308 g/mol. The molecule has 0 radical (unpaired) electrons. The number of fused-ring (bicyclic) bond motifs is 1. The molecule has 6 nitrogen and oxygen atoms in total. The Labute approximate surface area is 143 Å². The fourth-order valence-corrected chi connectivity index (χ4v) is 3.21. The molecule has 0 unspecified atom stereocenters. The lowest BCUT2D eigenvalue weighted by Crippen LogP contribution is -2.47. The molecule has 2 heterocycles. The Morgan fingerprint density at radius 3 is 2.75 bits per heavy atom. The van der Waals surface area contributed by atoms with Gasteiger partial charge in [-0.2, -0.15) is 0 Å². The van der Waals surface area contributed by atoms with Crippen molar-refractivity contribution in [1.82, 2.24) is 9.80 Å².